The number of hydrogen-bond acceptors (Lipinski definition) is 3. The molecular formula is C12H17BrClNO2. The van der Waals surface area contributed by atoms with E-state index in [1.807, 2.05) is 25.1 Å². The number of rotatable bonds is 6. The van der Waals surface area contributed by atoms with Crippen LogP contribution < -0.4 is 5.32 Å². The highest BCUT2D eigenvalue weighted by molar-refractivity contribution is 9.10. The molecule has 0 aliphatic heterocycles. The van der Waals surface area contributed by atoms with Gasteiger partial charge in [0.05, 0.1) is 12.7 Å². The Bertz CT molecular complexity index is 362. The SMILES string of the molecule is COCC(O)CNC(C)c1ccc(Br)cc1Cl. The first-order chi connectivity index (χ1) is 8.04. The van der Waals surface area contributed by atoms with Gasteiger partial charge in [0.15, 0.2) is 0 Å². The summed E-state index contributed by atoms with van der Waals surface area (Å²) in [4.78, 5) is 0. The molecule has 0 bridgehead atoms. The molecule has 17 heavy (non-hydrogen) atoms. The maximum atomic E-state index is 9.53. The predicted octanol–water partition coefficient (Wildman–Crippen LogP) is 2.76. The Kier molecular flexibility index (Phi) is 6.44. The molecule has 0 aliphatic rings. The van der Waals surface area contributed by atoms with Crippen LogP contribution >= 0.6 is 27.5 Å². The predicted molar refractivity (Wildman–Crippen MR) is 73.5 cm³/mol. The van der Waals surface area contributed by atoms with Crippen LogP contribution in [-0.4, -0.2) is 31.5 Å². The molecule has 96 valence electrons. The molecule has 3 nitrogen and oxygen atoms in total. The van der Waals surface area contributed by atoms with Gasteiger partial charge in [-0.05, 0) is 24.6 Å². The molecule has 1 aromatic rings. The number of ether oxygens (including phenoxy) is 1. The molecule has 0 amide bonds. The van der Waals surface area contributed by atoms with Gasteiger partial charge in [-0.15, -0.1) is 0 Å². The molecule has 0 aromatic heterocycles. The fraction of sp³-hybridized carbons (Fsp3) is 0.500. The highest BCUT2D eigenvalue weighted by atomic mass is 79.9. The maximum Gasteiger partial charge on any atom is 0.0897 e. The van der Waals surface area contributed by atoms with E-state index in [-0.39, 0.29) is 6.04 Å². The fourth-order valence-electron chi connectivity index (χ4n) is 1.53. The summed E-state index contributed by atoms with van der Waals surface area (Å²) in [7, 11) is 1.57. The number of benzene rings is 1. The topological polar surface area (TPSA) is 41.5 Å². The van der Waals surface area contributed by atoms with Crippen molar-refractivity contribution in [3.05, 3.63) is 33.3 Å². The van der Waals surface area contributed by atoms with Crippen LogP contribution in [0.1, 0.15) is 18.5 Å². The molecule has 0 radical (unpaired) electrons. The molecule has 0 saturated carbocycles. The zero-order valence-electron chi connectivity index (χ0n) is 9.91. The molecule has 0 aliphatic carbocycles. The molecule has 1 aromatic carbocycles. The summed E-state index contributed by atoms with van der Waals surface area (Å²) in [5, 5.41) is 13.5. The number of aliphatic hydroxyl groups excluding tert-OH is 1. The van der Waals surface area contributed by atoms with Gasteiger partial charge < -0.3 is 15.2 Å². The zero-order chi connectivity index (χ0) is 12.8. The molecule has 0 saturated heterocycles. The number of hydrogen-bond donors (Lipinski definition) is 2. The second-order valence-electron chi connectivity index (χ2n) is 3.90. The molecule has 2 N–H and O–H groups in total. The van der Waals surface area contributed by atoms with Gasteiger partial charge >= 0.3 is 0 Å². The monoisotopic (exact) mass is 321 g/mol. The Morgan fingerprint density at radius 1 is 1.53 bits per heavy atom. The van der Waals surface area contributed by atoms with Crippen LogP contribution in [0.25, 0.3) is 0 Å². The van der Waals surface area contributed by atoms with Crippen molar-refractivity contribution in [3.8, 4) is 0 Å². The first-order valence-corrected chi connectivity index (χ1v) is 6.57. The van der Waals surface area contributed by atoms with Gasteiger partial charge in [-0.3, -0.25) is 0 Å². The molecular weight excluding hydrogens is 305 g/mol. The summed E-state index contributed by atoms with van der Waals surface area (Å²) in [5.41, 5.74) is 1.01. The fourth-order valence-corrected chi connectivity index (χ4v) is 2.36. The van der Waals surface area contributed by atoms with Gasteiger partial charge in [-0.2, -0.15) is 0 Å². The van der Waals surface area contributed by atoms with Crippen molar-refractivity contribution in [2.24, 2.45) is 0 Å². The number of nitrogens with one attached hydrogen (secondary N) is 1. The van der Waals surface area contributed by atoms with Gasteiger partial charge in [-0.1, -0.05) is 33.6 Å². The lowest BCUT2D eigenvalue weighted by atomic mass is 10.1. The van der Waals surface area contributed by atoms with Crippen molar-refractivity contribution in [2.45, 2.75) is 19.1 Å². The average molecular weight is 323 g/mol. The number of halogens is 2. The smallest absolute Gasteiger partial charge is 0.0897 e. The lowest BCUT2D eigenvalue weighted by molar-refractivity contribution is 0.0630. The Labute approximate surface area is 115 Å². The van der Waals surface area contributed by atoms with Crippen molar-refractivity contribution in [3.63, 3.8) is 0 Å². The van der Waals surface area contributed by atoms with Crippen LogP contribution in [0, 0.1) is 0 Å². The van der Waals surface area contributed by atoms with Crippen molar-refractivity contribution in [1.82, 2.24) is 5.32 Å². The van der Waals surface area contributed by atoms with Gasteiger partial charge in [-0.25, -0.2) is 0 Å². The van der Waals surface area contributed by atoms with Crippen molar-refractivity contribution in [1.29, 1.82) is 0 Å². The number of aliphatic hydroxyl groups is 1. The molecule has 0 spiro atoms. The highest BCUT2D eigenvalue weighted by Gasteiger charge is 2.11. The zero-order valence-corrected chi connectivity index (χ0v) is 12.3. The minimum Gasteiger partial charge on any atom is -0.389 e. The summed E-state index contributed by atoms with van der Waals surface area (Å²) in [6.45, 7) is 2.81. The highest BCUT2D eigenvalue weighted by Crippen LogP contribution is 2.26. The van der Waals surface area contributed by atoms with E-state index in [0.717, 1.165) is 10.0 Å². The Morgan fingerprint density at radius 2 is 2.24 bits per heavy atom. The molecule has 2 atom stereocenters. The van der Waals surface area contributed by atoms with Crippen molar-refractivity contribution in [2.75, 3.05) is 20.3 Å². The van der Waals surface area contributed by atoms with E-state index in [0.29, 0.717) is 18.2 Å². The quantitative estimate of drug-likeness (QED) is 0.846. The van der Waals surface area contributed by atoms with Crippen LogP contribution in [-0.2, 0) is 4.74 Å². The van der Waals surface area contributed by atoms with E-state index >= 15 is 0 Å². The third-order valence-corrected chi connectivity index (χ3v) is 3.27. The minimum atomic E-state index is -0.503. The van der Waals surface area contributed by atoms with E-state index in [9.17, 15) is 5.11 Å². The second-order valence-corrected chi connectivity index (χ2v) is 5.23. The largest absolute Gasteiger partial charge is 0.389 e. The first-order valence-electron chi connectivity index (χ1n) is 5.40. The lowest BCUT2D eigenvalue weighted by Crippen LogP contribution is -2.31. The van der Waals surface area contributed by atoms with E-state index in [1.54, 1.807) is 7.11 Å². The normalized spacial score (nSPS) is 14.6. The molecule has 5 heteroatoms. The Hall–Kier alpha value is -0.130. The van der Waals surface area contributed by atoms with Crippen LogP contribution in [0.15, 0.2) is 22.7 Å². The second kappa shape index (κ2) is 7.34. The van der Waals surface area contributed by atoms with Crippen molar-refractivity contribution >= 4 is 27.5 Å². The average Bonchev–Trinajstić information content (AvgIpc) is 2.26. The summed E-state index contributed by atoms with van der Waals surface area (Å²) in [6.07, 6.45) is -0.503. The third kappa shape index (κ3) is 4.94. The van der Waals surface area contributed by atoms with E-state index in [2.05, 4.69) is 21.2 Å². The maximum absolute atomic E-state index is 9.53. The van der Waals surface area contributed by atoms with E-state index in [4.69, 9.17) is 16.3 Å². The van der Waals surface area contributed by atoms with Crippen LogP contribution in [0.4, 0.5) is 0 Å². The van der Waals surface area contributed by atoms with Gasteiger partial charge in [0.2, 0.25) is 0 Å². The Balaban J connectivity index is 2.54. The van der Waals surface area contributed by atoms with Crippen LogP contribution in [0.5, 0.6) is 0 Å². The van der Waals surface area contributed by atoms with Crippen LogP contribution in [0.2, 0.25) is 5.02 Å². The van der Waals surface area contributed by atoms with Crippen LogP contribution in [0.3, 0.4) is 0 Å². The van der Waals surface area contributed by atoms with E-state index < -0.39 is 6.10 Å². The first kappa shape index (κ1) is 14.9. The standard InChI is InChI=1S/C12H17BrClNO2/c1-8(15-6-10(16)7-17-2)11-4-3-9(13)5-12(11)14/h3-5,8,10,15-16H,6-7H2,1-2H3. The summed E-state index contributed by atoms with van der Waals surface area (Å²) < 4.78 is 5.82. The Morgan fingerprint density at radius 3 is 2.82 bits per heavy atom. The van der Waals surface area contributed by atoms with Gasteiger partial charge in [0.1, 0.15) is 0 Å². The lowest BCUT2D eigenvalue weighted by Gasteiger charge is -2.18. The third-order valence-electron chi connectivity index (χ3n) is 2.45. The molecule has 2 unspecified atom stereocenters. The summed E-state index contributed by atoms with van der Waals surface area (Å²) >= 11 is 9.51. The number of methoxy groups -OCH3 is 1. The summed E-state index contributed by atoms with van der Waals surface area (Å²) in [5.74, 6) is 0. The summed E-state index contributed by atoms with van der Waals surface area (Å²) in [6, 6.07) is 5.86. The minimum absolute atomic E-state index is 0.0853. The van der Waals surface area contributed by atoms with Gasteiger partial charge in [0.25, 0.3) is 0 Å². The van der Waals surface area contributed by atoms with E-state index in [1.165, 1.54) is 0 Å². The molecule has 0 heterocycles. The van der Waals surface area contributed by atoms with Crippen molar-refractivity contribution < 1.29 is 9.84 Å². The molecule has 0 fully saturated rings. The van der Waals surface area contributed by atoms with Gasteiger partial charge in [0, 0.05) is 29.2 Å². The molecule has 1 rings (SSSR count).